The Hall–Kier alpha value is -3.51. The number of hydrogen-bond acceptors (Lipinski definition) is 5. The topological polar surface area (TPSA) is 55.1 Å². The third-order valence-corrected chi connectivity index (χ3v) is 5.06. The van der Waals surface area contributed by atoms with Gasteiger partial charge in [0, 0.05) is 23.5 Å². The molecule has 0 saturated carbocycles. The van der Waals surface area contributed by atoms with Crippen molar-refractivity contribution in [2.75, 3.05) is 5.32 Å². The lowest BCUT2D eigenvalue weighted by atomic mass is 10.1. The van der Waals surface area contributed by atoms with Gasteiger partial charge in [0.15, 0.2) is 5.13 Å². The Bertz CT molecular complexity index is 1190. The van der Waals surface area contributed by atoms with Crippen molar-refractivity contribution in [3.63, 3.8) is 0 Å². The SMILES string of the molecule is c1ccc(-c2ccc(Nc3nc(-c4cnc5ncccn45)cs3)cc2)cc1. The first-order valence-corrected chi connectivity index (χ1v) is 9.41. The number of rotatable bonds is 4. The fourth-order valence-electron chi connectivity index (χ4n) is 2.97. The minimum absolute atomic E-state index is 0.673. The molecule has 0 bridgehead atoms. The molecule has 0 aliphatic rings. The lowest BCUT2D eigenvalue weighted by Gasteiger charge is -2.05. The molecule has 0 spiro atoms. The average molecular weight is 369 g/mol. The fraction of sp³-hybridized carbons (Fsp3) is 0. The van der Waals surface area contributed by atoms with E-state index in [1.807, 2.05) is 40.2 Å². The third-order valence-electron chi connectivity index (χ3n) is 4.30. The molecule has 5 nitrogen and oxygen atoms in total. The Morgan fingerprint density at radius 2 is 1.67 bits per heavy atom. The van der Waals surface area contributed by atoms with Crippen LogP contribution in [0.2, 0.25) is 0 Å². The van der Waals surface area contributed by atoms with Gasteiger partial charge in [-0.1, -0.05) is 42.5 Å². The maximum absolute atomic E-state index is 4.70. The number of fused-ring (bicyclic) bond motifs is 1. The quantitative estimate of drug-likeness (QED) is 0.469. The first-order valence-electron chi connectivity index (χ1n) is 8.53. The number of anilines is 2. The van der Waals surface area contributed by atoms with E-state index >= 15 is 0 Å². The first-order chi connectivity index (χ1) is 13.4. The molecular weight excluding hydrogens is 354 g/mol. The highest BCUT2D eigenvalue weighted by Crippen LogP contribution is 2.28. The van der Waals surface area contributed by atoms with E-state index in [1.165, 1.54) is 11.1 Å². The smallest absolute Gasteiger partial charge is 0.234 e. The Kier molecular flexibility index (Phi) is 3.88. The van der Waals surface area contributed by atoms with Gasteiger partial charge in [-0.05, 0) is 29.3 Å². The summed E-state index contributed by atoms with van der Waals surface area (Å²) in [5, 5.41) is 6.24. The molecule has 3 aromatic heterocycles. The summed E-state index contributed by atoms with van der Waals surface area (Å²) >= 11 is 1.57. The second-order valence-electron chi connectivity index (χ2n) is 6.04. The Balaban J connectivity index is 1.38. The molecule has 3 heterocycles. The molecule has 0 amide bonds. The van der Waals surface area contributed by atoms with E-state index < -0.39 is 0 Å². The third kappa shape index (κ3) is 3.07. The largest absolute Gasteiger partial charge is 0.332 e. The van der Waals surface area contributed by atoms with E-state index in [4.69, 9.17) is 4.98 Å². The summed E-state index contributed by atoms with van der Waals surface area (Å²) in [7, 11) is 0. The fourth-order valence-corrected chi connectivity index (χ4v) is 3.69. The van der Waals surface area contributed by atoms with E-state index in [1.54, 1.807) is 23.7 Å². The highest BCUT2D eigenvalue weighted by atomic mass is 32.1. The van der Waals surface area contributed by atoms with Crippen molar-refractivity contribution in [1.82, 2.24) is 19.4 Å². The standard InChI is InChI=1S/C21H15N5S/c1-2-5-15(6-3-1)16-7-9-17(10-8-16)24-21-25-18(14-27-21)19-13-23-20-22-11-4-12-26(19)20/h1-14H,(H,24,25). The molecule has 1 N–H and O–H groups in total. The van der Waals surface area contributed by atoms with Crippen LogP contribution in [0.25, 0.3) is 28.3 Å². The Labute approximate surface area is 160 Å². The van der Waals surface area contributed by atoms with E-state index in [2.05, 4.69) is 51.7 Å². The van der Waals surface area contributed by atoms with Crippen molar-refractivity contribution in [1.29, 1.82) is 0 Å². The van der Waals surface area contributed by atoms with E-state index in [9.17, 15) is 0 Å². The zero-order valence-electron chi connectivity index (χ0n) is 14.3. The molecule has 130 valence electrons. The molecule has 0 unspecified atom stereocenters. The zero-order chi connectivity index (χ0) is 18.1. The monoisotopic (exact) mass is 369 g/mol. The molecule has 0 atom stereocenters. The first kappa shape index (κ1) is 15.7. The summed E-state index contributed by atoms with van der Waals surface area (Å²) in [6.45, 7) is 0. The molecule has 6 heteroatoms. The van der Waals surface area contributed by atoms with Gasteiger partial charge < -0.3 is 5.32 Å². The lowest BCUT2D eigenvalue weighted by molar-refractivity contribution is 1.11. The normalized spacial score (nSPS) is 11.0. The number of hydrogen-bond donors (Lipinski definition) is 1. The van der Waals surface area contributed by atoms with Crippen LogP contribution >= 0.6 is 11.3 Å². The molecule has 0 radical (unpaired) electrons. The van der Waals surface area contributed by atoms with Crippen LogP contribution in [-0.4, -0.2) is 19.4 Å². The Morgan fingerprint density at radius 3 is 2.52 bits per heavy atom. The maximum atomic E-state index is 4.70. The van der Waals surface area contributed by atoms with Crippen molar-refractivity contribution in [3.8, 4) is 22.5 Å². The lowest BCUT2D eigenvalue weighted by Crippen LogP contribution is -1.91. The summed E-state index contributed by atoms with van der Waals surface area (Å²) in [4.78, 5) is 13.3. The number of imidazole rings is 1. The molecule has 0 aliphatic carbocycles. The minimum atomic E-state index is 0.673. The summed E-state index contributed by atoms with van der Waals surface area (Å²) in [5.74, 6) is 0.673. The second kappa shape index (κ2) is 6.66. The van der Waals surface area contributed by atoms with Crippen molar-refractivity contribution in [3.05, 3.63) is 84.6 Å². The number of nitrogens with one attached hydrogen (secondary N) is 1. The van der Waals surface area contributed by atoms with Gasteiger partial charge >= 0.3 is 0 Å². The van der Waals surface area contributed by atoms with Crippen LogP contribution in [0.1, 0.15) is 0 Å². The number of thiazole rings is 1. The molecular formula is C21H15N5S. The van der Waals surface area contributed by atoms with Crippen LogP contribution in [0, 0.1) is 0 Å². The van der Waals surface area contributed by atoms with Crippen LogP contribution in [0.15, 0.2) is 84.6 Å². The second-order valence-corrected chi connectivity index (χ2v) is 6.90. The summed E-state index contributed by atoms with van der Waals surface area (Å²) < 4.78 is 1.94. The van der Waals surface area contributed by atoms with Gasteiger partial charge in [0.25, 0.3) is 0 Å². The van der Waals surface area contributed by atoms with Crippen LogP contribution in [-0.2, 0) is 0 Å². The maximum Gasteiger partial charge on any atom is 0.234 e. The van der Waals surface area contributed by atoms with Crippen molar-refractivity contribution < 1.29 is 0 Å². The molecule has 5 rings (SSSR count). The van der Waals surface area contributed by atoms with Gasteiger partial charge in [-0.25, -0.2) is 15.0 Å². The highest BCUT2D eigenvalue weighted by Gasteiger charge is 2.10. The molecule has 0 fully saturated rings. The molecule has 0 aliphatic heterocycles. The van der Waals surface area contributed by atoms with Gasteiger partial charge in [-0.3, -0.25) is 4.40 Å². The van der Waals surface area contributed by atoms with Crippen molar-refractivity contribution in [2.45, 2.75) is 0 Å². The van der Waals surface area contributed by atoms with Crippen LogP contribution in [0.5, 0.6) is 0 Å². The molecule has 2 aromatic carbocycles. The van der Waals surface area contributed by atoms with Crippen LogP contribution in [0.4, 0.5) is 10.8 Å². The average Bonchev–Trinajstić information content (AvgIpc) is 3.36. The van der Waals surface area contributed by atoms with Gasteiger partial charge in [0.1, 0.15) is 5.69 Å². The summed E-state index contributed by atoms with van der Waals surface area (Å²) in [5.41, 5.74) is 5.22. The molecule has 5 aromatic rings. The number of nitrogens with zero attached hydrogens (tertiary/aromatic N) is 4. The Morgan fingerprint density at radius 1 is 0.852 bits per heavy atom. The van der Waals surface area contributed by atoms with Crippen molar-refractivity contribution >= 4 is 27.9 Å². The van der Waals surface area contributed by atoms with Crippen LogP contribution < -0.4 is 5.32 Å². The minimum Gasteiger partial charge on any atom is -0.332 e. The van der Waals surface area contributed by atoms with Gasteiger partial charge in [0.2, 0.25) is 5.78 Å². The van der Waals surface area contributed by atoms with Gasteiger partial charge in [-0.15, -0.1) is 11.3 Å². The highest BCUT2D eigenvalue weighted by molar-refractivity contribution is 7.14. The predicted octanol–water partition coefficient (Wildman–Crippen LogP) is 5.26. The summed E-state index contributed by atoms with van der Waals surface area (Å²) in [6.07, 6.45) is 5.48. The zero-order valence-corrected chi connectivity index (χ0v) is 15.1. The van der Waals surface area contributed by atoms with Gasteiger partial charge in [-0.2, -0.15) is 0 Å². The van der Waals surface area contributed by atoms with Crippen LogP contribution in [0.3, 0.4) is 0 Å². The number of benzene rings is 2. The van der Waals surface area contributed by atoms with Crippen molar-refractivity contribution in [2.24, 2.45) is 0 Å². The number of aromatic nitrogens is 4. The summed E-state index contributed by atoms with van der Waals surface area (Å²) in [6, 6.07) is 20.6. The molecule has 0 saturated heterocycles. The molecule has 27 heavy (non-hydrogen) atoms. The predicted molar refractivity (Wildman–Crippen MR) is 109 cm³/mol. The van der Waals surface area contributed by atoms with E-state index in [0.717, 1.165) is 22.2 Å². The van der Waals surface area contributed by atoms with E-state index in [0.29, 0.717) is 5.78 Å². The van der Waals surface area contributed by atoms with E-state index in [-0.39, 0.29) is 0 Å². The van der Waals surface area contributed by atoms with Gasteiger partial charge in [0.05, 0.1) is 11.9 Å².